The van der Waals surface area contributed by atoms with Crippen molar-refractivity contribution in [3.05, 3.63) is 0 Å². The maximum absolute atomic E-state index is 12.0. The summed E-state index contributed by atoms with van der Waals surface area (Å²) in [4.78, 5) is 24.7. The molecule has 1 aliphatic rings. The van der Waals surface area contributed by atoms with Crippen molar-refractivity contribution in [2.75, 3.05) is 26.8 Å². The highest BCUT2D eigenvalue weighted by atomic mass is 16.5. The normalized spacial score (nSPS) is 23.2. The Balaban J connectivity index is 2.42. The quantitative estimate of drug-likeness (QED) is 0.714. The molecule has 0 saturated carbocycles. The molecule has 0 aromatic heterocycles. The lowest BCUT2D eigenvalue weighted by atomic mass is 9.91. The zero-order valence-corrected chi connectivity index (χ0v) is 11.7. The topological polar surface area (TPSA) is 78.9 Å². The van der Waals surface area contributed by atoms with Crippen LogP contribution in [0.5, 0.6) is 0 Å². The number of aliphatic carboxylic acids is 1. The van der Waals surface area contributed by atoms with Crippen LogP contribution in [0, 0.1) is 5.92 Å². The number of carboxylic acid groups (broad SMARTS) is 1. The molecule has 6 nitrogen and oxygen atoms in total. The van der Waals surface area contributed by atoms with Crippen LogP contribution in [0.1, 0.15) is 32.6 Å². The molecular weight excluding hydrogens is 248 g/mol. The predicted octanol–water partition coefficient (Wildman–Crippen LogP) is 1.31. The van der Waals surface area contributed by atoms with Gasteiger partial charge in [0, 0.05) is 26.8 Å². The number of unbranched alkanes of at least 4 members (excludes halogenated alkanes) is 1. The number of amides is 2. The standard InChI is InChI=1S/C13H24N2O4/c1-10-6-5-8-15(11(10)12(16)17)13(18)14-7-3-4-9-19-2/h10-11H,3-9H2,1-2H3,(H,14,18)(H,16,17). The van der Waals surface area contributed by atoms with E-state index in [1.165, 1.54) is 4.90 Å². The first-order valence-electron chi connectivity index (χ1n) is 6.84. The summed E-state index contributed by atoms with van der Waals surface area (Å²) in [5.74, 6) is -0.910. The molecule has 6 heteroatoms. The first kappa shape index (κ1) is 15.8. The molecule has 2 unspecified atom stereocenters. The Labute approximate surface area is 114 Å². The van der Waals surface area contributed by atoms with Crippen LogP contribution in [0.2, 0.25) is 0 Å². The minimum Gasteiger partial charge on any atom is -0.480 e. The van der Waals surface area contributed by atoms with Crippen LogP contribution in [-0.4, -0.2) is 54.9 Å². The summed E-state index contributed by atoms with van der Waals surface area (Å²) in [7, 11) is 1.64. The number of carbonyl (C=O) groups excluding carboxylic acids is 1. The summed E-state index contributed by atoms with van der Waals surface area (Å²) < 4.78 is 4.93. The Morgan fingerprint density at radius 1 is 1.42 bits per heavy atom. The molecule has 1 fully saturated rings. The van der Waals surface area contributed by atoms with Gasteiger partial charge >= 0.3 is 12.0 Å². The van der Waals surface area contributed by atoms with Crippen LogP contribution in [0.15, 0.2) is 0 Å². The Kier molecular flexibility index (Phi) is 6.62. The van der Waals surface area contributed by atoms with Crippen LogP contribution >= 0.6 is 0 Å². The van der Waals surface area contributed by atoms with Gasteiger partial charge in [0.05, 0.1) is 0 Å². The van der Waals surface area contributed by atoms with Crippen molar-refractivity contribution in [3.8, 4) is 0 Å². The third-order valence-corrected chi connectivity index (χ3v) is 3.50. The van der Waals surface area contributed by atoms with E-state index in [0.717, 1.165) is 25.7 Å². The third-order valence-electron chi connectivity index (χ3n) is 3.50. The van der Waals surface area contributed by atoms with Crippen molar-refractivity contribution >= 4 is 12.0 Å². The van der Waals surface area contributed by atoms with Gasteiger partial charge in [-0.25, -0.2) is 9.59 Å². The molecule has 2 amide bonds. The maximum Gasteiger partial charge on any atom is 0.326 e. The monoisotopic (exact) mass is 272 g/mol. The van der Waals surface area contributed by atoms with E-state index < -0.39 is 12.0 Å². The molecule has 0 aromatic rings. The van der Waals surface area contributed by atoms with Gasteiger partial charge in [-0.3, -0.25) is 0 Å². The molecule has 110 valence electrons. The summed E-state index contributed by atoms with van der Waals surface area (Å²) in [6.45, 7) is 3.63. The van der Waals surface area contributed by atoms with Crippen LogP contribution in [-0.2, 0) is 9.53 Å². The van der Waals surface area contributed by atoms with E-state index in [1.807, 2.05) is 6.92 Å². The Hall–Kier alpha value is -1.30. The molecule has 2 atom stereocenters. The number of rotatable bonds is 6. The number of likely N-dealkylation sites (tertiary alicyclic amines) is 1. The zero-order valence-electron chi connectivity index (χ0n) is 11.7. The molecule has 1 rings (SSSR count). The first-order chi connectivity index (χ1) is 9.07. The van der Waals surface area contributed by atoms with E-state index in [2.05, 4.69) is 5.32 Å². The van der Waals surface area contributed by atoms with Gasteiger partial charge < -0.3 is 20.1 Å². The van der Waals surface area contributed by atoms with Crippen LogP contribution in [0.4, 0.5) is 4.79 Å². The number of carbonyl (C=O) groups is 2. The fourth-order valence-electron chi connectivity index (χ4n) is 2.46. The van der Waals surface area contributed by atoms with Gasteiger partial charge in [0.1, 0.15) is 6.04 Å². The van der Waals surface area contributed by atoms with Crippen molar-refractivity contribution in [2.45, 2.75) is 38.6 Å². The van der Waals surface area contributed by atoms with E-state index in [1.54, 1.807) is 7.11 Å². The highest BCUT2D eigenvalue weighted by molar-refractivity contribution is 5.83. The number of nitrogens with zero attached hydrogens (tertiary/aromatic N) is 1. The SMILES string of the molecule is COCCCCNC(=O)N1CCCC(C)C1C(=O)O. The van der Waals surface area contributed by atoms with Gasteiger partial charge in [0.2, 0.25) is 0 Å². The molecular formula is C13H24N2O4. The number of piperidine rings is 1. The lowest BCUT2D eigenvalue weighted by molar-refractivity contribution is -0.145. The van der Waals surface area contributed by atoms with Gasteiger partial charge in [0.15, 0.2) is 0 Å². The smallest absolute Gasteiger partial charge is 0.326 e. The van der Waals surface area contributed by atoms with E-state index in [4.69, 9.17) is 4.74 Å². The molecule has 0 radical (unpaired) electrons. The van der Waals surface area contributed by atoms with Crippen molar-refractivity contribution in [2.24, 2.45) is 5.92 Å². The highest BCUT2D eigenvalue weighted by Crippen LogP contribution is 2.23. The second-order valence-electron chi connectivity index (χ2n) is 5.03. The lowest BCUT2D eigenvalue weighted by Crippen LogP contribution is -2.55. The number of hydrogen-bond acceptors (Lipinski definition) is 3. The number of methoxy groups -OCH3 is 1. The minimum atomic E-state index is -0.915. The number of hydrogen-bond donors (Lipinski definition) is 2. The summed E-state index contributed by atoms with van der Waals surface area (Å²) in [5, 5.41) is 12.0. The fraction of sp³-hybridized carbons (Fsp3) is 0.846. The Bertz CT molecular complexity index is 309. The van der Waals surface area contributed by atoms with Gasteiger partial charge in [0.25, 0.3) is 0 Å². The molecule has 1 aliphatic heterocycles. The molecule has 0 aliphatic carbocycles. The van der Waals surface area contributed by atoms with Gasteiger partial charge in [-0.05, 0) is 31.6 Å². The number of ether oxygens (including phenoxy) is 1. The number of carboxylic acids is 1. The summed E-state index contributed by atoms with van der Waals surface area (Å²) in [6, 6.07) is -0.968. The van der Waals surface area contributed by atoms with Gasteiger partial charge in [-0.15, -0.1) is 0 Å². The summed E-state index contributed by atoms with van der Waals surface area (Å²) in [6.07, 6.45) is 3.44. The van der Waals surface area contributed by atoms with Crippen molar-refractivity contribution in [1.82, 2.24) is 10.2 Å². The molecule has 1 saturated heterocycles. The zero-order chi connectivity index (χ0) is 14.3. The Morgan fingerprint density at radius 2 is 2.16 bits per heavy atom. The fourth-order valence-corrected chi connectivity index (χ4v) is 2.46. The largest absolute Gasteiger partial charge is 0.480 e. The van der Waals surface area contributed by atoms with Crippen molar-refractivity contribution in [3.63, 3.8) is 0 Å². The molecule has 0 bridgehead atoms. The van der Waals surface area contributed by atoms with Gasteiger partial charge in [-0.2, -0.15) is 0 Å². The van der Waals surface area contributed by atoms with E-state index in [-0.39, 0.29) is 11.9 Å². The number of nitrogens with one attached hydrogen (secondary N) is 1. The average Bonchev–Trinajstić information content (AvgIpc) is 2.37. The summed E-state index contributed by atoms with van der Waals surface area (Å²) in [5.41, 5.74) is 0. The Morgan fingerprint density at radius 3 is 2.79 bits per heavy atom. The van der Waals surface area contributed by atoms with E-state index in [0.29, 0.717) is 19.7 Å². The predicted molar refractivity (Wildman–Crippen MR) is 71.0 cm³/mol. The van der Waals surface area contributed by atoms with Crippen molar-refractivity contribution < 1.29 is 19.4 Å². The van der Waals surface area contributed by atoms with Crippen LogP contribution in [0.25, 0.3) is 0 Å². The van der Waals surface area contributed by atoms with E-state index >= 15 is 0 Å². The van der Waals surface area contributed by atoms with E-state index in [9.17, 15) is 14.7 Å². The molecule has 0 spiro atoms. The lowest BCUT2D eigenvalue weighted by Gasteiger charge is -2.37. The molecule has 2 N–H and O–H groups in total. The number of urea groups is 1. The minimum absolute atomic E-state index is 0.00508. The first-order valence-corrected chi connectivity index (χ1v) is 6.84. The summed E-state index contributed by atoms with van der Waals surface area (Å²) >= 11 is 0. The molecule has 19 heavy (non-hydrogen) atoms. The highest BCUT2D eigenvalue weighted by Gasteiger charge is 2.36. The van der Waals surface area contributed by atoms with Crippen LogP contribution < -0.4 is 5.32 Å². The second-order valence-corrected chi connectivity index (χ2v) is 5.03. The van der Waals surface area contributed by atoms with Crippen LogP contribution in [0.3, 0.4) is 0 Å². The van der Waals surface area contributed by atoms with Crippen molar-refractivity contribution in [1.29, 1.82) is 0 Å². The second kappa shape index (κ2) is 7.99. The molecule has 0 aromatic carbocycles. The molecule has 1 heterocycles. The average molecular weight is 272 g/mol. The maximum atomic E-state index is 12.0. The third kappa shape index (κ3) is 4.70. The van der Waals surface area contributed by atoms with Gasteiger partial charge in [-0.1, -0.05) is 6.92 Å².